The first-order valence-electron chi connectivity index (χ1n) is 6.15. The average Bonchev–Trinajstić information content (AvgIpc) is 2.46. The van der Waals surface area contributed by atoms with Gasteiger partial charge in [0.05, 0.1) is 12.2 Å². The zero-order chi connectivity index (χ0) is 14.1. The molecule has 0 saturated heterocycles. The van der Waals surface area contributed by atoms with E-state index in [2.05, 4.69) is 0 Å². The van der Waals surface area contributed by atoms with Gasteiger partial charge in [-0.1, -0.05) is 17.7 Å². The molecule has 0 saturated carbocycles. The van der Waals surface area contributed by atoms with Gasteiger partial charge in [-0.3, -0.25) is 4.79 Å². The molecule has 3 rings (SSSR count). The molecule has 102 valence electrons. The van der Waals surface area contributed by atoms with E-state index < -0.39 is 5.82 Å². The largest absolute Gasteiger partial charge is 0.490 e. The summed E-state index contributed by atoms with van der Waals surface area (Å²) >= 11 is 5.90. The van der Waals surface area contributed by atoms with E-state index in [0.29, 0.717) is 35.2 Å². The lowest BCUT2D eigenvalue weighted by Crippen LogP contribution is -2.38. The number of benzene rings is 2. The van der Waals surface area contributed by atoms with E-state index in [-0.39, 0.29) is 5.91 Å². The van der Waals surface area contributed by atoms with E-state index in [1.165, 1.54) is 23.1 Å². The highest BCUT2D eigenvalue weighted by Gasteiger charge is 2.25. The van der Waals surface area contributed by atoms with Gasteiger partial charge in [0, 0.05) is 16.7 Å². The van der Waals surface area contributed by atoms with Crippen LogP contribution in [0.25, 0.3) is 0 Å². The molecule has 0 aliphatic carbocycles. The molecule has 1 aliphatic heterocycles. The minimum atomic E-state index is -0.404. The van der Waals surface area contributed by atoms with Crippen LogP contribution in [0.15, 0.2) is 42.5 Å². The summed E-state index contributed by atoms with van der Waals surface area (Å²) in [7, 11) is 0. The molecular weight excluding hydrogens is 281 g/mol. The van der Waals surface area contributed by atoms with Gasteiger partial charge in [-0.25, -0.2) is 4.39 Å². The van der Waals surface area contributed by atoms with Crippen molar-refractivity contribution in [3.8, 4) is 5.75 Å². The molecular formula is C15H11ClFNO2. The van der Waals surface area contributed by atoms with Crippen molar-refractivity contribution < 1.29 is 13.9 Å². The summed E-state index contributed by atoms with van der Waals surface area (Å²) in [6.45, 7) is 0.757. The van der Waals surface area contributed by atoms with Crippen LogP contribution in [0.2, 0.25) is 5.02 Å². The Morgan fingerprint density at radius 2 is 2.10 bits per heavy atom. The van der Waals surface area contributed by atoms with E-state index in [4.69, 9.17) is 16.3 Å². The first-order chi connectivity index (χ1) is 9.65. The highest BCUT2D eigenvalue weighted by Crippen LogP contribution is 2.33. The van der Waals surface area contributed by atoms with E-state index in [0.717, 1.165) is 0 Å². The quantitative estimate of drug-likeness (QED) is 0.804. The van der Waals surface area contributed by atoms with Gasteiger partial charge in [-0.15, -0.1) is 0 Å². The third kappa shape index (κ3) is 2.34. The van der Waals surface area contributed by atoms with Crippen molar-refractivity contribution >= 4 is 23.2 Å². The molecule has 20 heavy (non-hydrogen) atoms. The number of carbonyl (C=O) groups excluding carboxylic acids is 1. The van der Waals surface area contributed by atoms with Gasteiger partial charge in [-0.2, -0.15) is 0 Å². The fraction of sp³-hybridized carbons (Fsp3) is 0.133. The van der Waals surface area contributed by atoms with Crippen LogP contribution in [-0.4, -0.2) is 19.1 Å². The first kappa shape index (κ1) is 12.9. The number of anilines is 1. The molecule has 0 spiro atoms. The monoisotopic (exact) mass is 291 g/mol. The van der Waals surface area contributed by atoms with Gasteiger partial charge in [0.1, 0.15) is 18.2 Å². The highest BCUT2D eigenvalue weighted by molar-refractivity contribution is 6.31. The lowest BCUT2D eigenvalue weighted by molar-refractivity contribution is 0.0976. The second-order valence-corrected chi connectivity index (χ2v) is 4.86. The molecule has 0 aromatic heterocycles. The lowest BCUT2D eigenvalue weighted by Gasteiger charge is -2.29. The molecule has 3 nitrogen and oxygen atoms in total. The SMILES string of the molecule is O=C(c1cccc(Cl)c1)N1CCOc2ccc(F)cc21. The average molecular weight is 292 g/mol. The lowest BCUT2D eigenvalue weighted by atomic mass is 10.1. The van der Waals surface area contributed by atoms with Crippen LogP contribution in [0.4, 0.5) is 10.1 Å². The molecule has 0 bridgehead atoms. The summed E-state index contributed by atoms with van der Waals surface area (Å²) in [6.07, 6.45) is 0. The summed E-state index contributed by atoms with van der Waals surface area (Å²) in [5.74, 6) is -0.117. The number of halogens is 2. The van der Waals surface area contributed by atoms with Crippen LogP contribution in [0, 0.1) is 5.82 Å². The van der Waals surface area contributed by atoms with Crippen LogP contribution in [0.1, 0.15) is 10.4 Å². The molecule has 0 N–H and O–H groups in total. The topological polar surface area (TPSA) is 29.5 Å². The van der Waals surface area contributed by atoms with Crippen molar-refractivity contribution in [3.63, 3.8) is 0 Å². The molecule has 5 heteroatoms. The third-order valence-corrected chi connectivity index (χ3v) is 3.34. The standard InChI is InChI=1S/C15H11ClFNO2/c16-11-3-1-2-10(8-11)15(19)18-6-7-20-14-5-4-12(17)9-13(14)18/h1-5,8-9H,6-7H2. The number of amides is 1. The van der Waals surface area contributed by atoms with Crippen LogP contribution < -0.4 is 9.64 Å². The first-order valence-corrected chi connectivity index (χ1v) is 6.53. The van der Waals surface area contributed by atoms with Gasteiger partial charge in [0.15, 0.2) is 0 Å². The highest BCUT2D eigenvalue weighted by atomic mass is 35.5. The van der Waals surface area contributed by atoms with Crippen LogP contribution in [0.3, 0.4) is 0 Å². The Morgan fingerprint density at radius 3 is 2.90 bits per heavy atom. The summed E-state index contributed by atoms with van der Waals surface area (Å²) < 4.78 is 18.8. The fourth-order valence-electron chi connectivity index (χ4n) is 2.18. The van der Waals surface area contributed by atoms with Crippen LogP contribution >= 0.6 is 11.6 Å². The summed E-state index contributed by atoms with van der Waals surface area (Å²) in [5, 5.41) is 0.489. The Labute approximate surface area is 120 Å². The Kier molecular flexibility index (Phi) is 3.32. The number of ether oxygens (including phenoxy) is 1. The van der Waals surface area contributed by atoms with Crippen molar-refractivity contribution in [3.05, 3.63) is 58.9 Å². The zero-order valence-electron chi connectivity index (χ0n) is 10.5. The Bertz CT molecular complexity index is 675. The van der Waals surface area contributed by atoms with E-state index in [1.54, 1.807) is 24.3 Å². The Balaban J connectivity index is 2.00. The van der Waals surface area contributed by atoms with Gasteiger partial charge < -0.3 is 9.64 Å². The number of rotatable bonds is 1. The van der Waals surface area contributed by atoms with Gasteiger partial charge >= 0.3 is 0 Å². The maximum absolute atomic E-state index is 13.4. The van der Waals surface area contributed by atoms with Crippen molar-refractivity contribution in [2.75, 3.05) is 18.1 Å². The second-order valence-electron chi connectivity index (χ2n) is 4.43. The normalized spacial score (nSPS) is 13.6. The maximum atomic E-state index is 13.4. The number of hydrogen-bond acceptors (Lipinski definition) is 2. The number of carbonyl (C=O) groups is 1. The molecule has 1 aliphatic rings. The molecule has 0 radical (unpaired) electrons. The Hall–Kier alpha value is -2.07. The summed E-state index contributed by atoms with van der Waals surface area (Å²) in [5.41, 5.74) is 0.913. The van der Waals surface area contributed by atoms with E-state index in [1.807, 2.05) is 0 Å². The van der Waals surface area contributed by atoms with Gasteiger partial charge in [0.25, 0.3) is 5.91 Å². The predicted molar refractivity (Wildman–Crippen MR) is 75.0 cm³/mol. The van der Waals surface area contributed by atoms with Crippen molar-refractivity contribution in [2.45, 2.75) is 0 Å². The van der Waals surface area contributed by atoms with Crippen LogP contribution in [0.5, 0.6) is 5.75 Å². The molecule has 1 amide bonds. The van der Waals surface area contributed by atoms with E-state index in [9.17, 15) is 9.18 Å². The predicted octanol–water partition coefficient (Wildman–Crippen LogP) is 3.52. The molecule has 2 aromatic rings. The molecule has 2 aromatic carbocycles. The van der Waals surface area contributed by atoms with Gasteiger partial charge in [-0.05, 0) is 30.3 Å². The van der Waals surface area contributed by atoms with E-state index >= 15 is 0 Å². The summed E-state index contributed by atoms with van der Waals surface area (Å²) in [4.78, 5) is 14.0. The molecule has 0 fully saturated rings. The fourth-order valence-corrected chi connectivity index (χ4v) is 2.37. The van der Waals surface area contributed by atoms with Crippen molar-refractivity contribution in [1.29, 1.82) is 0 Å². The minimum Gasteiger partial charge on any atom is -0.490 e. The second kappa shape index (κ2) is 5.13. The molecule has 0 unspecified atom stereocenters. The third-order valence-electron chi connectivity index (χ3n) is 3.10. The summed E-state index contributed by atoms with van der Waals surface area (Å²) in [6, 6.07) is 10.8. The molecule has 1 heterocycles. The number of nitrogens with zero attached hydrogens (tertiary/aromatic N) is 1. The molecule has 0 atom stereocenters. The Morgan fingerprint density at radius 1 is 1.25 bits per heavy atom. The maximum Gasteiger partial charge on any atom is 0.258 e. The number of hydrogen-bond donors (Lipinski definition) is 0. The smallest absolute Gasteiger partial charge is 0.258 e. The van der Waals surface area contributed by atoms with Gasteiger partial charge in [0.2, 0.25) is 0 Å². The van der Waals surface area contributed by atoms with Crippen LogP contribution in [-0.2, 0) is 0 Å². The van der Waals surface area contributed by atoms with Crippen molar-refractivity contribution in [2.24, 2.45) is 0 Å². The van der Waals surface area contributed by atoms with Crippen molar-refractivity contribution in [1.82, 2.24) is 0 Å². The minimum absolute atomic E-state index is 0.220. The zero-order valence-corrected chi connectivity index (χ0v) is 11.2. The number of fused-ring (bicyclic) bond motifs is 1.